The van der Waals surface area contributed by atoms with Crippen LogP contribution in [-0.4, -0.2) is 28.2 Å². The summed E-state index contributed by atoms with van der Waals surface area (Å²) < 4.78 is 0. The van der Waals surface area contributed by atoms with Crippen LogP contribution in [0.1, 0.15) is 17.2 Å². The fourth-order valence-electron chi connectivity index (χ4n) is 2.42. The van der Waals surface area contributed by atoms with Crippen molar-refractivity contribution in [1.82, 2.24) is 15.2 Å². The van der Waals surface area contributed by atoms with E-state index >= 15 is 0 Å². The van der Waals surface area contributed by atoms with Gasteiger partial charge < -0.3 is 10.2 Å². The molecule has 21 heavy (non-hydrogen) atoms. The Balaban J connectivity index is 1.82. The van der Waals surface area contributed by atoms with Crippen molar-refractivity contribution in [3.63, 3.8) is 0 Å². The molecule has 0 bridgehead atoms. The monoisotopic (exact) mass is 281 g/mol. The van der Waals surface area contributed by atoms with Gasteiger partial charge in [0.2, 0.25) is 5.91 Å². The van der Waals surface area contributed by atoms with E-state index in [0.29, 0.717) is 6.54 Å². The van der Waals surface area contributed by atoms with Gasteiger partial charge in [-0.05, 0) is 23.3 Å². The van der Waals surface area contributed by atoms with E-state index in [9.17, 15) is 9.59 Å². The molecule has 0 radical (unpaired) electrons. The van der Waals surface area contributed by atoms with Crippen LogP contribution in [0.4, 0.5) is 0 Å². The lowest BCUT2D eigenvalue weighted by Gasteiger charge is -2.32. The van der Waals surface area contributed by atoms with E-state index in [1.807, 2.05) is 42.5 Å². The third-order valence-corrected chi connectivity index (χ3v) is 3.45. The van der Waals surface area contributed by atoms with Gasteiger partial charge in [0.15, 0.2) is 0 Å². The van der Waals surface area contributed by atoms with Crippen LogP contribution in [0.3, 0.4) is 0 Å². The van der Waals surface area contributed by atoms with Crippen LogP contribution < -0.4 is 5.32 Å². The Morgan fingerprint density at radius 2 is 1.81 bits per heavy atom. The summed E-state index contributed by atoms with van der Waals surface area (Å²) in [5.74, 6) is -0.227. The minimum absolute atomic E-state index is 0.0855. The molecule has 1 saturated heterocycles. The number of nitrogens with zero attached hydrogens (tertiary/aromatic N) is 2. The van der Waals surface area contributed by atoms with Crippen molar-refractivity contribution in [1.29, 1.82) is 0 Å². The van der Waals surface area contributed by atoms with Crippen molar-refractivity contribution in [3.8, 4) is 0 Å². The molecule has 0 aliphatic carbocycles. The van der Waals surface area contributed by atoms with Gasteiger partial charge in [-0.15, -0.1) is 0 Å². The Bertz CT molecular complexity index is 643. The molecule has 3 rings (SSSR count). The van der Waals surface area contributed by atoms with E-state index in [1.165, 1.54) is 0 Å². The van der Waals surface area contributed by atoms with Crippen LogP contribution >= 0.6 is 0 Å². The normalized spacial score (nSPS) is 18.5. The first-order chi connectivity index (χ1) is 10.2. The van der Waals surface area contributed by atoms with Gasteiger partial charge >= 0.3 is 0 Å². The van der Waals surface area contributed by atoms with Crippen LogP contribution in [0.5, 0.6) is 0 Å². The molecule has 1 aliphatic heterocycles. The molecule has 2 heterocycles. The molecule has 106 valence electrons. The number of carbonyl (C=O) groups is 2. The van der Waals surface area contributed by atoms with Crippen molar-refractivity contribution >= 4 is 11.8 Å². The summed E-state index contributed by atoms with van der Waals surface area (Å²) in [7, 11) is 0. The number of rotatable bonds is 3. The Morgan fingerprint density at radius 1 is 1.10 bits per heavy atom. The topological polar surface area (TPSA) is 62.3 Å². The molecule has 1 aliphatic rings. The summed E-state index contributed by atoms with van der Waals surface area (Å²) in [4.78, 5) is 30.0. The average Bonchev–Trinajstić information content (AvgIpc) is 2.52. The Labute approximate surface area is 122 Å². The molecular formula is C16H15N3O2. The summed E-state index contributed by atoms with van der Waals surface area (Å²) in [6.45, 7) is 0.503. The zero-order valence-electron chi connectivity index (χ0n) is 11.4. The van der Waals surface area contributed by atoms with Gasteiger partial charge in [0.1, 0.15) is 6.04 Å². The first-order valence-electron chi connectivity index (χ1n) is 6.76. The number of benzene rings is 1. The van der Waals surface area contributed by atoms with Crippen LogP contribution in [0.15, 0.2) is 54.9 Å². The molecule has 1 unspecified atom stereocenters. The first-order valence-corrected chi connectivity index (χ1v) is 6.76. The fraction of sp³-hybridized carbons (Fsp3) is 0.188. The molecule has 1 N–H and O–H groups in total. The third-order valence-electron chi connectivity index (χ3n) is 3.45. The number of aromatic nitrogens is 1. The van der Waals surface area contributed by atoms with E-state index in [-0.39, 0.29) is 18.4 Å². The largest absolute Gasteiger partial charge is 0.339 e. The highest BCUT2D eigenvalue weighted by atomic mass is 16.2. The van der Waals surface area contributed by atoms with E-state index in [1.54, 1.807) is 17.3 Å². The lowest BCUT2D eigenvalue weighted by Crippen LogP contribution is -2.52. The minimum Gasteiger partial charge on any atom is -0.339 e. The summed E-state index contributed by atoms with van der Waals surface area (Å²) in [5.41, 5.74) is 1.76. The Kier molecular flexibility index (Phi) is 3.64. The zero-order chi connectivity index (χ0) is 14.7. The molecule has 1 atom stereocenters. The van der Waals surface area contributed by atoms with Crippen LogP contribution in [0.2, 0.25) is 0 Å². The van der Waals surface area contributed by atoms with Crippen molar-refractivity contribution in [2.45, 2.75) is 12.6 Å². The molecule has 5 heteroatoms. The van der Waals surface area contributed by atoms with Crippen LogP contribution in [-0.2, 0) is 16.1 Å². The molecule has 5 nitrogen and oxygen atoms in total. The van der Waals surface area contributed by atoms with Gasteiger partial charge in [-0.2, -0.15) is 0 Å². The maximum absolute atomic E-state index is 12.6. The van der Waals surface area contributed by atoms with Crippen molar-refractivity contribution < 1.29 is 9.59 Å². The summed E-state index contributed by atoms with van der Waals surface area (Å²) in [5, 5.41) is 2.76. The second-order valence-corrected chi connectivity index (χ2v) is 4.96. The highest BCUT2D eigenvalue weighted by Crippen LogP contribution is 2.20. The molecule has 1 aromatic carbocycles. The summed E-state index contributed by atoms with van der Waals surface area (Å²) >= 11 is 0. The van der Waals surface area contributed by atoms with E-state index in [4.69, 9.17) is 0 Å². The number of nitrogens with one attached hydrogen (secondary N) is 1. The number of hydrogen-bond acceptors (Lipinski definition) is 3. The minimum atomic E-state index is -0.603. The third kappa shape index (κ3) is 2.91. The molecule has 0 spiro atoms. The van der Waals surface area contributed by atoms with E-state index in [0.717, 1.165) is 11.1 Å². The molecule has 0 saturated carbocycles. The predicted molar refractivity (Wildman–Crippen MR) is 77.0 cm³/mol. The highest BCUT2D eigenvalue weighted by molar-refractivity contribution is 5.95. The van der Waals surface area contributed by atoms with Gasteiger partial charge in [0, 0.05) is 18.9 Å². The molecular weight excluding hydrogens is 266 g/mol. The standard InChI is InChI=1S/C16H15N3O2/c20-14-11-19(10-12-6-8-17-9-7-12)16(21)15(18-14)13-4-2-1-3-5-13/h1-9,15H,10-11H2,(H,18,20). The summed E-state index contributed by atoms with van der Waals surface area (Å²) in [6, 6.07) is 12.4. The van der Waals surface area contributed by atoms with Gasteiger partial charge in [-0.25, -0.2) is 0 Å². The van der Waals surface area contributed by atoms with Crippen molar-refractivity contribution in [3.05, 3.63) is 66.0 Å². The summed E-state index contributed by atoms with van der Waals surface area (Å²) in [6.07, 6.45) is 3.36. The van der Waals surface area contributed by atoms with Gasteiger partial charge in [0.05, 0.1) is 6.54 Å². The molecule has 1 fully saturated rings. The van der Waals surface area contributed by atoms with E-state index < -0.39 is 6.04 Å². The first kappa shape index (κ1) is 13.3. The van der Waals surface area contributed by atoms with E-state index in [2.05, 4.69) is 10.3 Å². The lowest BCUT2D eigenvalue weighted by molar-refractivity contribution is -0.145. The molecule has 1 aromatic heterocycles. The van der Waals surface area contributed by atoms with Crippen molar-refractivity contribution in [2.24, 2.45) is 0 Å². The maximum Gasteiger partial charge on any atom is 0.250 e. The number of pyridine rings is 1. The molecule has 2 aromatic rings. The van der Waals surface area contributed by atoms with Gasteiger partial charge in [-0.1, -0.05) is 30.3 Å². The van der Waals surface area contributed by atoms with Crippen LogP contribution in [0.25, 0.3) is 0 Å². The number of piperazine rings is 1. The quantitative estimate of drug-likeness (QED) is 0.922. The lowest BCUT2D eigenvalue weighted by atomic mass is 10.0. The van der Waals surface area contributed by atoms with Gasteiger partial charge in [0.25, 0.3) is 5.91 Å². The smallest absolute Gasteiger partial charge is 0.250 e. The number of carbonyl (C=O) groups excluding carboxylic acids is 2. The highest BCUT2D eigenvalue weighted by Gasteiger charge is 2.33. The van der Waals surface area contributed by atoms with Crippen molar-refractivity contribution in [2.75, 3.05) is 6.54 Å². The maximum atomic E-state index is 12.6. The van der Waals surface area contributed by atoms with Gasteiger partial charge in [-0.3, -0.25) is 14.6 Å². The number of hydrogen-bond donors (Lipinski definition) is 1. The second kappa shape index (κ2) is 5.75. The molecule has 2 amide bonds. The average molecular weight is 281 g/mol. The van der Waals surface area contributed by atoms with Crippen LogP contribution in [0, 0.1) is 0 Å². The fourth-order valence-corrected chi connectivity index (χ4v) is 2.42. The predicted octanol–water partition coefficient (Wildman–Crippen LogP) is 1.28. The Morgan fingerprint density at radius 3 is 2.52 bits per heavy atom. The Hall–Kier alpha value is -2.69. The SMILES string of the molecule is O=C1CN(Cc2ccncc2)C(=O)C(c2ccccc2)N1. The number of amides is 2. The second-order valence-electron chi connectivity index (χ2n) is 4.96. The zero-order valence-corrected chi connectivity index (χ0v) is 11.4.